The average molecular weight is 220 g/mol. The molecule has 0 saturated carbocycles. The number of fused-ring (bicyclic) bond motifs is 3. The molecule has 0 nitrogen and oxygen atoms in total. The topological polar surface area (TPSA) is 0 Å². The van der Waals surface area contributed by atoms with Gasteiger partial charge in [-0.05, 0) is 59.0 Å². The van der Waals surface area contributed by atoms with Crippen molar-refractivity contribution in [2.24, 2.45) is 0 Å². The van der Waals surface area contributed by atoms with Gasteiger partial charge in [0, 0.05) is 0 Å². The number of aryl methyl sites for hydroxylation is 3. The third kappa shape index (κ3) is 1.44. The van der Waals surface area contributed by atoms with Gasteiger partial charge in [0.15, 0.2) is 0 Å². The molecule has 0 fully saturated rings. The Morgan fingerprint density at radius 3 is 2.29 bits per heavy atom. The molecule has 0 N–H and O–H groups in total. The summed E-state index contributed by atoms with van der Waals surface area (Å²) in [5, 5.41) is 5.49. The van der Waals surface area contributed by atoms with Crippen LogP contribution >= 0.6 is 0 Å². The summed E-state index contributed by atoms with van der Waals surface area (Å²) in [4.78, 5) is 0. The zero-order chi connectivity index (χ0) is 12.0. The molecule has 0 saturated heterocycles. The van der Waals surface area contributed by atoms with E-state index in [2.05, 4.69) is 63.2 Å². The highest BCUT2D eigenvalue weighted by molar-refractivity contribution is 6.10. The molecule has 3 rings (SSSR count). The van der Waals surface area contributed by atoms with Crippen LogP contribution in [-0.4, -0.2) is 0 Å². The van der Waals surface area contributed by atoms with Gasteiger partial charge in [0.05, 0.1) is 0 Å². The van der Waals surface area contributed by atoms with E-state index in [1.807, 2.05) is 0 Å². The van der Waals surface area contributed by atoms with E-state index in [4.69, 9.17) is 0 Å². The lowest BCUT2D eigenvalue weighted by molar-refractivity contribution is 1.35. The van der Waals surface area contributed by atoms with Crippen LogP contribution in [0.5, 0.6) is 0 Å². The highest BCUT2D eigenvalue weighted by Crippen LogP contribution is 2.31. The second-order valence-electron chi connectivity index (χ2n) is 4.84. The first-order chi connectivity index (χ1) is 8.18. The summed E-state index contributed by atoms with van der Waals surface area (Å²) >= 11 is 0. The molecule has 0 aromatic heterocycles. The minimum Gasteiger partial charge on any atom is -0.0616 e. The fourth-order valence-electron chi connectivity index (χ4n) is 2.73. The normalized spacial score (nSPS) is 11.2. The van der Waals surface area contributed by atoms with E-state index in [9.17, 15) is 0 Å². The number of rotatable bonds is 0. The fourth-order valence-corrected chi connectivity index (χ4v) is 2.73. The van der Waals surface area contributed by atoms with E-state index in [0.29, 0.717) is 0 Å². The average Bonchev–Trinajstić information content (AvgIpc) is 2.35. The minimum absolute atomic E-state index is 1.33. The first kappa shape index (κ1) is 10.3. The lowest BCUT2D eigenvalue weighted by atomic mass is 9.93. The predicted molar refractivity (Wildman–Crippen MR) is 75.7 cm³/mol. The SMILES string of the molecule is Cc1cc(C)c2c(ccc3ccccc32)c1C. The predicted octanol–water partition coefficient (Wildman–Crippen LogP) is 4.92. The van der Waals surface area contributed by atoms with E-state index in [-0.39, 0.29) is 0 Å². The molecule has 3 aromatic rings. The summed E-state index contributed by atoms with van der Waals surface area (Å²) in [6, 6.07) is 15.4. The van der Waals surface area contributed by atoms with Gasteiger partial charge in [-0.2, -0.15) is 0 Å². The molecular weight excluding hydrogens is 204 g/mol. The van der Waals surface area contributed by atoms with Crippen molar-refractivity contribution in [3.8, 4) is 0 Å². The summed E-state index contributed by atoms with van der Waals surface area (Å²) in [6.07, 6.45) is 0. The second kappa shape index (κ2) is 3.59. The molecule has 17 heavy (non-hydrogen) atoms. The molecule has 0 aliphatic heterocycles. The molecular formula is C17H16. The molecule has 0 aliphatic carbocycles. The van der Waals surface area contributed by atoms with Gasteiger partial charge in [0.25, 0.3) is 0 Å². The molecule has 3 aromatic carbocycles. The number of benzene rings is 3. The van der Waals surface area contributed by atoms with Gasteiger partial charge in [0.2, 0.25) is 0 Å². The van der Waals surface area contributed by atoms with Crippen LogP contribution in [0.1, 0.15) is 16.7 Å². The quantitative estimate of drug-likeness (QED) is 0.472. The first-order valence-corrected chi connectivity index (χ1v) is 6.07. The van der Waals surface area contributed by atoms with Crippen LogP contribution in [0.2, 0.25) is 0 Å². The third-order valence-electron chi connectivity index (χ3n) is 3.75. The maximum absolute atomic E-state index is 2.30. The molecule has 0 atom stereocenters. The Kier molecular flexibility index (Phi) is 2.19. The van der Waals surface area contributed by atoms with Gasteiger partial charge in [-0.1, -0.05) is 42.5 Å². The molecule has 0 bridgehead atoms. The fraction of sp³-hybridized carbons (Fsp3) is 0.176. The number of hydrogen-bond acceptors (Lipinski definition) is 0. The van der Waals surface area contributed by atoms with E-state index >= 15 is 0 Å². The van der Waals surface area contributed by atoms with Gasteiger partial charge in [0.1, 0.15) is 0 Å². The Hall–Kier alpha value is -1.82. The zero-order valence-electron chi connectivity index (χ0n) is 10.5. The Labute approximate surface area is 102 Å². The highest BCUT2D eigenvalue weighted by atomic mass is 14.1. The van der Waals surface area contributed by atoms with Crippen molar-refractivity contribution in [1.29, 1.82) is 0 Å². The van der Waals surface area contributed by atoms with Gasteiger partial charge in [-0.3, -0.25) is 0 Å². The van der Waals surface area contributed by atoms with E-state index in [0.717, 1.165) is 0 Å². The zero-order valence-corrected chi connectivity index (χ0v) is 10.5. The molecule has 0 radical (unpaired) electrons. The summed E-state index contributed by atoms with van der Waals surface area (Å²) in [7, 11) is 0. The van der Waals surface area contributed by atoms with Gasteiger partial charge in [-0.15, -0.1) is 0 Å². The molecule has 0 heterocycles. The van der Waals surface area contributed by atoms with Crippen molar-refractivity contribution in [3.63, 3.8) is 0 Å². The van der Waals surface area contributed by atoms with Crippen molar-refractivity contribution >= 4 is 21.5 Å². The molecule has 0 aliphatic rings. The van der Waals surface area contributed by atoms with Gasteiger partial charge >= 0.3 is 0 Å². The van der Waals surface area contributed by atoms with Crippen LogP contribution in [0, 0.1) is 20.8 Å². The third-order valence-corrected chi connectivity index (χ3v) is 3.75. The molecule has 0 spiro atoms. The van der Waals surface area contributed by atoms with E-state index in [1.54, 1.807) is 0 Å². The van der Waals surface area contributed by atoms with Crippen molar-refractivity contribution < 1.29 is 0 Å². The van der Waals surface area contributed by atoms with Crippen LogP contribution in [0.3, 0.4) is 0 Å². The second-order valence-corrected chi connectivity index (χ2v) is 4.84. The molecule has 0 unspecified atom stereocenters. The van der Waals surface area contributed by atoms with Crippen LogP contribution in [-0.2, 0) is 0 Å². The maximum Gasteiger partial charge on any atom is -0.00733 e. The number of hydrogen-bond donors (Lipinski definition) is 0. The van der Waals surface area contributed by atoms with Crippen molar-refractivity contribution in [1.82, 2.24) is 0 Å². The van der Waals surface area contributed by atoms with E-state index in [1.165, 1.54) is 38.2 Å². The standard InChI is InChI=1S/C17H16/c1-11-10-12(2)17-15(13(11)3)9-8-14-6-4-5-7-16(14)17/h4-10H,1-3H3. The molecule has 0 amide bonds. The van der Waals surface area contributed by atoms with Crippen molar-refractivity contribution in [2.75, 3.05) is 0 Å². The van der Waals surface area contributed by atoms with Crippen LogP contribution in [0.15, 0.2) is 42.5 Å². The largest absolute Gasteiger partial charge is 0.0616 e. The molecule has 84 valence electrons. The summed E-state index contributed by atoms with van der Waals surface area (Å²) in [6.45, 7) is 6.62. The highest BCUT2D eigenvalue weighted by Gasteiger charge is 2.07. The van der Waals surface area contributed by atoms with E-state index < -0.39 is 0 Å². The Morgan fingerprint density at radius 1 is 0.706 bits per heavy atom. The van der Waals surface area contributed by atoms with Crippen molar-refractivity contribution in [2.45, 2.75) is 20.8 Å². The monoisotopic (exact) mass is 220 g/mol. The van der Waals surface area contributed by atoms with Gasteiger partial charge in [-0.25, -0.2) is 0 Å². The Bertz CT molecular complexity index is 721. The Balaban J connectivity index is 2.63. The van der Waals surface area contributed by atoms with Crippen LogP contribution in [0.4, 0.5) is 0 Å². The summed E-state index contributed by atoms with van der Waals surface area (Å²) in [5.41, 5.74) is 4.15. The molecule has 0 heteroatoms. The van der Waals surface area contributed by atoms with Crippen LogP contribution in [0.25, 0.3) is 21.5 Å². The summed E-state index contributed by atoms with van der Waals surface area (Å²) < 4.78 is 0. The van der Waals surface area contributed by atoms with Gasteiger partial charge < -0.3 is 0 Å². The first-order valence-electron chi connectivity index (χ1n) is 6.07. The minimum atomic E-state index is 1.33. The maximum atomic E-state index is 2.30. The van der Waals surface area contributed by atoms with Crippen molar-refractivity contribution in [3.05, 3.63) is 59.2 Å². The summed E-state index contributed by atoms with van der Waals surface area (Å²) in [5.74, 6) is 0. The van der Waals surface area contributed by atoms with Crippen LogP contribution < -0.4 is 0 Å². The Morgan fingerprint density at radius 2 is 1.47 bits per heavy atom. The lowest BCUT2D eigenvalue weighted by Crippen LogP contribution is -1.89. The smallest absolute Gasteiger partial charge is 0.00733 e. The lowest BCUT2D eigenvalue weighted by Gasteiger charge is -2.12.